The van der Waals surface area contributed by atoms with E-state index in [-0.39, 0.29) is 0 Å². The van der Waals surface area contributed by atoms with Crippen molar-refractivity contribution in [2.75, 3.05) is 13.6 Å². The molecule has 1 rings (SSSR count). The van der Waals surface area contributed by atoms with E-state index in [1.807, 2.05) is 11.9 Å². The van der Waals surface area contributed by atoms with Crippen LogP contribution in [0, 0.1) is 5.92 Å². The van der Waals surface area contributed by atoms with Gasteiger partial charge in [-0.2, -0.15) is 0 Å². The quantitative estimate of drug-likeness (QED) is 0.630. The lowest BCUT2D eigenvalue weighted by Crippen LogP contribution is -2.33. The summed E-state index contributed by atoms with van der Waals surface area (Å²) in [6.07, 6.45) is 0. The van der Waals surface area contributed by atoms with Gasteiger partial charge in [0.05, 0.1) is 6.54 Å². The third kappa shape index (κ3) is 4.34. The van der Waals surface area contributed by atoms with E-state index in [0.717, 1.165) is 13.1 Å². The summed E-state index contributed by atoms with van der Waals surface area (Å²) >= 11 is 1.74. The SMILES string of the molecule is CC(C)CN=C(N)N(C)Cc1cccs1. The zero-order chi connectivity index (χ0) is 11.3. The molecule has 1 aromatic rings. The second-order valence-electron chi connectivity index (χ2n) is 4.03. The summed E-state index contributed by atoms with van der Waals surface area (Å²) in [5, 5.41) is 2.07. The Labute approximate surface area is 95.6 Å². The minimum Gasteiger partial charge on any atom is -0.370 e. The molecule has 0 atom stereocenters. The van der Waals surface area contributed by atoms with E-state index < -0.39 is 0 Å². The number of hydrogen-bond donors (Lipinski definition) is 1. The fraction of sp³-hybridized carbons (Fsp3) is 0.545. The van der Waals surface area contributed by atoms with Crippen molar-refractivity contribution in [3.63, 3.8) is 0 Å². The largest absolute Gasteiger partial charge is 0.370 e. The van der Waals surface area contributed by atoms with E-state index in [0.29, 0.717) is 11.9 Å². The first kappa shape index (κ1) is 12.0. The van der Waals surface area contributed by atoms with Gasteiger partial charge in [0, 0.05) is 18.5 Å². The predicted molar refractivity (Wildman–Crippen MR) is 67.1 cm³/mol. The average Bonchev–Trinajstić information content (AvgIpc) is 2.66. The first-order valence-corrected chi connectivity index (χ1v) is 6.01. The van der Waals surface area contributed by atoms with E-state index in [1.54, 1.807) is 11.3 Å². The molecule has 0 amide bonds. The summed E-state index contributed by atoms with van der Waals surface area (Å²) in [6, 6.07) is 4.16. The fourth-order valence-corrected chi connectivity index (χ4v) is 1.87. The van der Waals surface area contributed by atoms with Crippen LogP contribution in [0.2, 0.25) is 0 Å². The molecule has 3 nitrogen and oxygen atoms in total. The number of aliphatic imine (C=N–C) groups is 1. The van der Waals surface area contributed by atoms with Crippen LogP contribution in [0.5, 0.6) is 0 Å². The van der Waals surface area contributed by atoms with Crippen LogP contribution in [0.1, 0.15) is 18.7 Å². The lowest BCUT2D eigenvalue weighted by molar-refractivity contribution is 0.494. The minimum absolute atomic E-state index is 0.554. The Hall–Kier alpha value is -1.03. The normalized spacial score (nSPS) is 12.1. The second-order valence-corrected chi connectivity index (χ2v) is 5.06. The molecule has 0 unspecified atom stereocenters. The Bertz CT molecular complexity index is 304. The van der Waals surface area contributed by atoms with Crippen molar-refractivity contribution in [2.24, 2.45) is 16.6 Å². The van der Waals surface area contributed by atoms with Gasteiger partial charge in [0.2, 0.25) is 0 Å². The van der Waals surface area contributed by atoms with Crippen molar-refractivity contribution < 1.29 is 0 Å². The summed E-state index contributed by atoms with van der Waals surface area (Å²) in [5.74, 6) is 1.18. The molecule has 4 heteroatoms. The molecule has 0 aromatic carbocycles. The van der Waals surface area contributed by atoms with Gasteiger partial charge in [-0.3, -0.25) is 4.99 Å². The second kappa shape index (κ2) is 5.75. The van der Waals surface area contributed by atoms with Crippen LogP contribution >= 0.6 is 11.3 Å². The number of nitrogens with zero attached hydrogens (tertiary/aromatic N) is 2. The van der Waals surface area contributed by atoms with Gasteiger partial charge in [-0.25, -0.2) is 0 Å². The van der Waals surface area contributed by atoms with Gasteiger partial charge < -0.3 is 10.6 Å². The number of thiophene rings is 1. The highest BCUT2D eigenvalue weighted by molar-refractivity contribution is 7.09. The van der Waals surface area contributed by atoms with E-state index in [9.17, 15) is 0 Å². The molecule has 0 fully saturated rings. The molecule has 0 spiro atoms. The van der Waals surface area contributed by atoms with Gasteiger partial charge in [0.15, 0.2) is 5.96 Å². The van der Waals surface area contributed by atoms with Crippen molar-refractivity contribution in [1.29, 1.82) is 0 Å². The van der Waals surface area contributed by atoms with Crippen LogP contribution in [0.3, 0.4) is 0 Å². The van der Waals surface area contributed by atoms with E-state index in [1.165, 1.54) is 4.88 Å². The lowest BCUT2D eigenvalue weighted by atomic mass is 10.2. The molecule has 15 heavy (non-hydrogen) atoms. The Morgan fingerprint density at radius 3 is 2.87 bits per heavy atom. The van der Waals surface area contributed by atoms with Gasteiger partial charge in [-0.1, -0.05) is 19.9 Å². The first-order valence-electron chi connectivity index (χ1n) is 5.13. The van der Waals surface area contributed by atoms with E-state index in [4.69, 9.17) is 5.73 Å². The van der Waals surface area contributed by atoms with Gasteiger partial charge in [0.25, 0.3) is 0 Å². The predicted octanol–water partition coefficient (Wildman–Crippen LogP) is 2.15. The zero-order valence-corrected chi connectivity index (χ0v) is 10.4. The smallest absolute Gasteiger partial charge is 0.191 e. The van der Waals surface area contributed by atoms with Crippen LogP contribution in [-0.2, 0) is 6.54 Å². The number of nitrogens with two attached hydrogens (primary N) is 1. The number of hydrogen-bond acceptors (Lipinski definition) is 2. The van der Waals surface area contributed by atoms with Crippen LogP contribution in [-0.4, -0.2) is 24.5 Å². The van der Waals surface area contributed by atoms with Crippen molar-refractivity contribution in [2.45, 2.75) is 20.4 Å². The van der Waals surface area contributed by atoms with Crippen LogP contribution in [0.15, 0.2) is 22.5 Å². The van der Waals surface area contributed by atoms with Gasteiger partial charge in [-0.05, 0) is 17.4 Å². The average molecular weight is 225 g/mol. The summed E-state index contributed by atoms with van der Waals surface area (Å²) < 4.78 is 0. The van der Waals surface area contributed by atoms with Gasteiger partial charge >= 0.3 is 0 Å². The molecule has 0 aliphatic heterocycles. The molecular weight excluding hydrogens is 206 g/mol. The highest BCUT2D eigenvalue weighted by Gasteiger charge is 2.03. The monoisotopic (exact) mass is 225 g/mol. The third-order valence-electron chi connectivity index (χ3n) is 1.98. The molecule has 2 N–H and O–H groups in total. The van der Waals surface area contributed by atoms with Crippen LogP contribution in [0.25, 0.3) is 0 Å². The molecule has 0 saturated heterocycles. The van der Waals surface area contributed by atoms with Gasteiger partial charge in [-0.15, -0.1) is 11.3 Å². The Kier molecular flexibility index (Phi) is 4.62. The molecule has 1 heterocycles. The highest BCUT2D eigenvalue weighted by atomic mass is 32.1. The summed E-state index contributed by atoms with van der Waals surface area (Å²) in [7, 11) is 1.97. The molecular formula is C11H19N3S. The van der Waals surface area contributed by atoms with Crippen molar-refractivity contribution >= 4 is 17.3 Å². The third-order valence-corrected chi connectivity index (χ3v) is 2.84. The molecule has 0 saturated carbocycles. The zero-order valence-electron chi connectivity index (χ0n) is 9.60. The number of rotatable bonds is 4. The Morgan fingerprint density at radius 1 is 1.60 bits per heavy atom. The molecule has 84 valence electrons. The molecule has 0 aliphatic carbocycles. The molecule has 0 bridgehead atoms. The van der Waals surface area contributed by atoms with Crippen molar-refractivity contribution in [1.82, 2.24) is 4.90 Å². The summed E-state index contributed by atoms with van der Waals surface area (Å²) in [4.78, 5) is 7.62. The molecule has 0 radical (unpaired) electrons. The first-order chi connectivity index (χ1) is 7.09. The lowest BCUT2D eigenvalue weighted by Gasteiger charge is -2.17. The maximum absolute atomic E-state index is 5.86. The maximum atomic E-state index is 5.86. The van der Waals surface area contributed by atoms with Crippen LogP contribution in [0.4, 0.5) is 0 Å². The Morgan fingerprint density at radius 2 is 2.33 bits per heavy atom. The van der Waals surface area contributed by atoms with Gasteiger partial charge in [0.1, 0.15) is 0 Å². The van der Waals surface area contributed by atoms with Crippen molar-refractivity contribution in [3.8, 4) is 0 Å². The standard InChI is InChI=1S/C11H19N3S/c1-9(2)7-13-11(12)14(3)8-10-5-4-6-15-10/h4-6,9H,7-8H2,1-3H3,(H2,12,13). The van der Waals surface area contributed by atoms with E-state index in [2.05, 4.69) is 36.4 Å². The highest BCUT2D eigenvalue weighted by Crippen LogP contribution is 2.10. The number of guanidine groups is 1. The fourth-order valence-electron chi connectivity index (χ4n) is 1.11. The van der Waals surface area contributed by atoms with Crippen molar-refractivity contribution in [3.05, 3.63) is 22.4 Å². The molecule has 0 aliphatic rings. The molecule has 1 aromatic heterocycles. The summed E-state index contributed by atoms with van der Waals surface area (Å²) in [5.41, 5.74) is 5.86. The maximum Gasteiger partial charge on any atom is 0.191 e. The topological polar surface area (TPSA) is 41.6 Å². The minimum atomic E-state index is 0.554. The van der Waals surface area contributed by atoms with E-state index >= 15 is 0 Å². The Balaban J connectivity index is 2.46. The van der Waals surface area contributed by atoms with Crippen LogP contribution < -0.4 is 5.73 Å². The summed E-state index contributed by atoms with van der Waals surface area (Å²) in [6.45, 7) is 5.90.